The van der Waals surface area contributed by atoms with Crippen molar-refractivity contribution < 1.29 is 28.8 Å². The molecule has 1 heterocycles. The first-order valence-corrected chi connectivity index (χ1v) is 6.12. The summed E-state index contributed by atoms with van der Waals surface area (Å²) in [7, 11) is 0. The molecular formula is C12H14N2O6. The zero-order valence-electron chi connectivity index (χ0n) is 10.7. The molecule has 0 bridgehead atoms. The third-order valence-electron chi connectivity index (χ3n) is 2.99. The van der Waals surface area contributed by atoms with E-state index in [1.54, 1.807) is 0 Å². The van der Waals surface area contributed by atoms with Crippen LogP contribution < -0.4 is 5.32 Å². The van der Waals surface area contributed by atoms with Gasteiger partial charge in [0.2, 0.25) is 0 Å². The predicted octanol–water partition coefficient (Wildman–Crippen LogP) is 0.0384. The van der Waals surface area contributed by atoms with E-state index in [2.05, 4.69) is 11.9 Å². The van der Waals surface area contributed by atoms with Crippen molar-refractivity contribution in [2.75, 3.05) is 6.61 Å². The zero-order valence-corrected chi connectivity index (χ0v) is 10.7. The molecule has 0 aromatic rings. The van der Waals surface area contributed by atoms with Crippen molar-refractivity contribution in [3.8, 4) is 0 Å². The van der Waals surface area contributed by atoms with Gasteiger partial charge in [-0.1, -0.05) is 12.7 Å². The lowest BCUT2D eigenvalue weighted by molar-refractivity contribution is -0.199. The molecule has 8 heteroatoms. The van der Waals surface area contributed by atoms with Crippen LogP contribution in [0.5, 0.6) is 0 Å². The number of nitrogens with one attached hydrogen (secondary N) is 1. The van der Waals surface area contributed by atoms with Crippen LogP contribution in [-0.4, -0.2) is 41.1 Å². The lowest BCUT2D eigenvalue weighted by atomic mass is 10.3. The SMILES string of the molecule is C=CCOC(=O)NC1(C(=O)ON2C(=O)CCC2=O)CC1. The Balaban J connectivity index is 1.91. The van der Waals surface area contributed by atoms with Crippen LogP contribution in [0.1, 0.15) is 25.7 Å². The molecule has 2 fully saturated rings. The Kier molecular flexibility index (Phi) is 3.73. The number of nitrogens with zero attached hydrogens (tertiary/aromatic N) is 1. The molecule has 20 heavy (non-hydrogen) atoms. The monoisotopic (exact) mass is 282 g/mol. The fourth-order valence-electron chi connectivity index (χ4n) is 1.70. The Morgan fingerprint density at radius 2 is 1.90 bits per heavy atom. The Hall–Kier alpha value is -2.38. The van der Waals surface area contributed by atoms with Crippen molar-refractivity contribution in [3.05, 3.63) is 12.7 Å². The molecule has 8 nitrogen and oxygen atoms in total. The van der Waals surface area contributed by atoms with E-state index in [-0.39, 0.29) is 19.4 Å². The minimum Gasteiger partial charge on any atom is -0.445 e. The maximum Gasteiger partial charge on any atom is 0.408 e. The number of rotatable bonds is 5. The molecule has 1 saturated carbocycles. The van der Waals surface area contributed by atoms with Gasteiger partial charge in [-0.05, 0) is 12.8 Å². The van der Waals surface area contributed by atoms with Crippen LogP contribution in [0.25, 0.3) is 0 Å². The lowest BCUT2D eigenvalue weighted by Crippen LogP contribution is -2.47. The molecule has 0 radical (unpaired) electrons. The first-order chi connectivity index (χ1) is 9.48. The number of ether oxygens (including phenoxy) is 1. The molecule has 1 aliphatic carbocycles. The maximum absolute atomic E-state index is 11.9. The molecule has 0 aromatic carbocycles. The van der Waals surface area contributed by atoms with Gasteiger partial charge >= 0.3 is 12.1 Å². The van der Waals surface area contributed by atoms with Crippen LogP contribution in [0.15, 0.2) is 12.7 Å². The molecule has 3 amide bonds. The van der Waals surface area contributed by atoms with Crippen LogP contribution in [0.4, 0.5) is 4.79 Å². The molecule has 0 unspecified atom stereocenters. The van der Waals surface area contributed by atoms with Crippen molar-refractivity contribution in [1.82, 2.24) is 10.4 Å². The third kappa shape index (κ3) is 2.79. The fraction of sp³-hybridized carbons (Fsp3) is 0.500. The van der Waals surface area contributed by atoms with Gasteiger partial charge in [0.25, 0.3) is 11.8 Å². The summed E-state index contributed by atoms with van der Waals surface area (Å²) in [5.74, 6) is -1.96. The van der Waals surface area contributed by atoms with Gasteiger partial charge in [0.15, 0.2) is 0 Å². The number of carbonyl (C=O) groups excluding carboxylic acids is 4. The summed E-state index contributed by atoms with van der Waals surface area (Å²) in [6.45, 7) is 3.40. The average Bonchev–Trinajstić information content (AvgIpc) is 3.13. The average molecular weight is 282 g/mol. The highest BCUT2D eigenvalue weighted by Crippen LogP contribution is 2.37. The highest BCUT2D eigenvalue weighted by Gasteiger charge is 2.55. The summed E-state index contributed by atoms with van der Waals surface area (Å²) in [5.41, 5.74) is -1.21. The van der Waals surface area contributed by atoms with E-state index in [9.17, 15) is 19.2 Å². The number of alkyl carbamates (subject to hydrolysis) is 1. The first-order valence-electron chi connectivity index (χ1n) is 6.12. The molecule has 108 valence electrons. The van der Waals surface area contributed by atoms with Gasteiger partial charge in [-0.25, -0.2) is 9.59 Å². The van der Waals surface area contributed by atoms with Crippen molar-refractivity contribution in [2.24, 2.45) is 0 Å². The molecule has 0 spiro atoms. The topological polar surface area (TPSA) is 102 Å². The number of hydroxylamine groups is 2. The number of imide groups is 1. The molecule has 1 N–H and O–H groups in total. The van der Waals surface area contributed by atoms with Gasteiger partial charge in [0, 0.05) is 12.8 Å². The molecule has 2 aliphatic rings. The standard InChI is InChI=1S/C12H14N2O6/c1-2-7-19-11(18)13-12(5-6-12)10(17)20-14-8(15)3-4-9(14)16/h2H,1,3-7H2,(H,13,18). The second-order valence-electron chi connectivity index (χ2n) is 4.55. The van der Waals surface area contributed by atoms with Crippen molar-refractivity contribution >= 4 is 23.9 Å². The first kappa shape index (κ1) is 14.0. The van der Waals surface area contributed by atoms with E-state index >= 15 is 0 Å². The largest absolute Gasteiger partial charge is 0.445 e. The number of carbonyl (C=O) groups is 4. The van der Waals surface area contributed by atoms with Crippen molar-refractivity contribution in [1.29, 1.82) is 0 Å². The normalized spacial score (nSPS) is 19.5. The number of hydrogen-bond donors (Lipinski definition) is 1. The van der Waals surface area contributed by atoms with E-state index in [1.807, 2.05) is 0 Å². The quantitative estimate of drug-likeness (QED) is 0.564. The maximum atomic E-state index is 11.9. The van der Waals surface area contributed by atoms with Crippen LogP contribution in [0.3, 0.4) is 0 Å². The molecule has 0 aromatic heterocycles. The minimum atomic E-state index is -1.21. The van der Waals surface area contributed by atoms with Gasteiger partial charge < -0.3 is 14.9 Å². The summed E-state index contributed by atoms with van der Waals surface area (Å²) in [6.07, 6.45) is 1.38. The van der Waals surface area contributed by atoms with Gasteiger partial charge in [-0.3, -0.25) is 9.59 Å². The highest BCUT2D eigenvalue weighted by molar-refractivity contribution is 6.02. The molecule has 1 aliphatic heterocycles. The van der Waals surface area contributed by atoms with Crippen LogP contribution in [0, 0.1) is 0 Å². The molecule has 0 atom stereocenters. The van der Waals surface area contributed by atoms with Gasteiger partial charge in [-0.15, -0.1) is 5.06 Å². The molecule has 1 saturated heterocycles. The Bertz CT molecular complexity index is 466. The van der Waals surface area contributed by atoms with Gasteiger partial charge in [-0.2, -0.15) is 0 Å². The van der Waals surface area contributed by atoms with E-state index in [0.29, 0.717) is 17.9 Å². The Morgan fingerprint density at radius 1 is 1.30 bits per heavy atom. The smallest absolute Gasteiger partial charge is 0.408 e. The lowest BCUT2D eigenvalue weighted by Gasteiger charge is -2.19. The summed E-state index contributed by atoms with van der Waals surface area (Å²) in [5, 5.41) is 2.83. The van der Waals surface area contributed by atoms with Crippen molar-refractivity contribution in [3.63, 3.8) is 0 Å². The van der Waals surface area contributed by atoms with Crippen molar-refractivity contribution in [2.45, 2.75) is 31.2 Å². The van der Waals surface area contributed by atoms with Gasteiger partial charge in [0.1, 0.15) is 12.1 Å². The van der Waals surface area contributed by atoms with Gasteiger partial charge in [0.05, 0.1) is 0 Å². The fourth-order valence-corrected chi connectivity index (χ4v) is 1.70. The van der Waals surface area contributed by atoms with E-state index in [4.69, 9.17) is 9.57 Å². The molecular weight excluding hydrogens is 268 g/mol. The second-order valence-corrected chi connectivity index (χ2v) is 4.55. The predicted molar refractivity (Wildman–Crippen MR) is 63.8 cm³/mol. The third-order valence-corrected chi connectivity index (χ3v) is 2.99. The summed E-state index contributed by atoms with van der Waals surface area (Å²) in [6, 6.07) is 0. The minimum absolute atomic E-state index is 0.0139. The zero-order chi connectivity index (χ0) is 14.8. The van der Waals surface area contributed by atoms with E-state index < -0.39 is 29.4 Å². The number of amides is 3. The highest BCUT2D eigenvalue weighted by atomic mass is 16.7. The van der Waals surface area contributed by atoms with Crippen LogP contribution in [-0.2, 0) is 24.0 Å². The van der Waals surface area contributed by atoms with Crippen LogP contribution in [0.2, 0.25) is 0 Å². The van der Waals surface area contributed by atoms with Crippen LogP contribution >= 0.6 is 0 Å². The molecule has 2 rings (SSSR count). The van der Waals surface area contributed by atoms with E-state index in [1.165, 1.54) is 6.08 Å². The second kappa shape index (κ2) is 5.32. The summed E-state index contributed by atoms with van der Waals surface area (Å²) < 4.78 is 4.71. The Labute approximate surface area is 114 Å². The van der Waals surface area contributed by atoms with E-state index in [0.717, 1.165) is 0 Å². The summed E-state index contributed by atoms with van der Waals surface area (Å²) in [4.78, 5) is 50.8. The Morgan fingerprint density at radius 3 is 2.40 bits per heavy atom. The summed E-state index contributed by atoms with van der Waals surface area (Å²) >= 11 is 0. The number of hydrogen-bond acceptors (Lipinski definition) is 6.